The van der Waals surface area contributed by atoms with Crippen LogP contribution in [-0.4, -0.2) is 37.5 Å². The lowest BCUT2D eigenvalue weighted by Crippen LogP contribution is -2.42. The van der Waals surface area contributed by atoms with E-state index in [-0.39, 0.29) is 11.9 Å². The summed E-state index contributed by atoms with van der Waals surface area (Å²) in [6.45, 7) is 5.19. The summed E-state index contributed by atoms with van der Waals surface area (Å²) >= 11 is 6.83. The lowest BCUT2D eigenvalue weighted by atomic mass is 10.0. The van der Waals surface area contributed by atoms with Crippen LogP contribution < -0.4 is 5.32 Å². The number of benzene rings is 1. The molecular weight excluding hydrogens is 384 g/mol. The van der Waals surface area contributed by atoms with Crippen molar-refractivity contribution in [2.45, 2.75) is 26.3 Å². The number of hydrogen-bond acceptors (Lipinski definition) is 2. The van der Waals surface area contributed by atoms with Gasteiger partial charge in [0, 0.05) is 21.5 Å². The van der Waals surface area contributed by atoms with Crippen molar-refractivity contribution in [1.29, 1.82) is 0 Å². The molecule has 112 valence electrons. The van der Waals surface area contributed by atoms with Crippen molar-refractivity contribution >= 4 is 37.8 Å². The number of hydrogen-bond donors (Lipinski definition) is 1. The van der Waals surface area contributed by atoms with Crippen LogP contribution in [0.2, 0.25) is 0 Å². The van der Waals surface area contributed by atoms with Gasteiger partial charge in [-0.05, 0) is 60.6 Å². The highest BCUT2D eigenvalue weighted by Crippen LogP contribution is 2.22. The first-order valence-electron chi connectivity index (χ1n) is 6.70. The van der Waals surface area contributed by atoms with E-state index in [4.69, 9.17) is 0 Å². The van der Waals surface area contributed by atoms with Crippen LogP contribution in [-0.2, 0) is 0 Å². The predicted molar refractivity (Wildman–Crippen MR) is 91.1 cm³/mol. The summed E-state index contributed by atoms with van der Waals surface area (Å²) in [6, 6.07) is 5.75. The van der Waals surface area contributed by atoms with Gasteiger partial charge in [-0.1, -0.05) is 29.8 Å². The second kappa shape index (κ2) is 8.15. The number of likely N-dealkylation sites (N-methyl/N-ethyl adjacent to an activating group) is 1. The molecule has 0 saturated heterocycles. The van der Waals surface area contributed by atoms with Crippen molar-refractivity contribution in [3.8, 4) is 0 Å². The fourth-order valence-corrected chi connectivity index (χ4v) is 3.35. The summed E-state index contributed by atoms with van der Waals surface area (Å²) in [5, 5.41) is 3.13. The highest BCUT2D eigenvalue weighted by Gasteiger charge is 2.17. The fourth-order valence-electron chi connectivity index (χ4n) is 2.13. The highest BCUT2D eigenvalue weighted by atomic mass is 79.9. The monoisotopic (exact) mass is 404 g/mol. The third-order valence-electron chi connectivity index (χ3n) is 2.85. The van der Waals surface area contributed by atoms with Crippen molar-refractivity contribution in [1.82, 2.24) is 10.2 Å². The Kier molecular flexibility index (Phi) is 7.20. The van der Waals surface area contributed by atoms with Crippen molar-refractivity contribution in [2.75, 3.05) is 20.6 Å². The Morgan fingerprint density at radius 2 is 1.95 bits per heavy atom. The first kappa shape index (κ1) is 17.7. The number of nitrogens with one attached hydrogen (secondary N) is 1. The molecule has 0 aliphatic rings. The quantitative estimate of drug-likeness (QED) is 0.777. The maximum atomic E-state index is 12.4. The molecular formula is C15H22Br2N2O. The molecule has 5 heteroatoms. The van der Waals surface area contributed by atoms with Crippen LogP contribution in [0.25, 0.3) is 0 Å². The van der Waals surface area contributed by atoms with E-state index in [1.54, 1.807) is 0 Å². The average Bonchev–Trinajstić information content (AvgIpc) is 2.26. The standard InChI is InChI=1S/C15H22Br2N2O/c1-10(2)7-12(9-19(3)4)18-15(20)13-6-5-11(16)8-14(13)17/h5-6,8,10,12H,7,9H2,1-4H3,(H,18,20). The molecule has 0 aromatic heterocycles. The number of nitrogens with zero attached hydrogens (tertiary/aromatic N) is 1. The molecule has 0 saturated carbocycles. The Morgan fingerprint density at radius 3 is 2.45 bits per heavy atom. The van der Waals surface area contributed by atoms with E-state index >= 15 is 0 Å². The summed E-state index contributed by atoms with van der Waals surface area (Å²) < 4.78 is 1.76. The van der Waals surface area contributed by atoms with Crippen LogP contribution in [0.4, 0.5) is 0 Å². The minimum atomic E-state index is -0.0307. The molecule has 1 N–H and O–H groups in total. The molecule has 0 fully saturated rings. The number of carbonyl (C=O) groups is 1. The molecule has 0 aliphatic carbocycles. The van der Waals surface area contributed by atoms with Crippen LogP contribution in [0.15, 0.2) is 27.1 Å². The minimum absolute atomic E-state index is 0.0307. The zero-order valence-corrected chi connectivity index (χ0v) is 15.6. The van der Waals surface area contributed by atoms with Crippen molar-refractivity contribution in [2.24, 2.45) is 5.92 Å². The van der Waals surface area contributed by atoms with E-state index < -0.39 is 0 Å². The van der Waals surface area contributed by atoms with Gasteiger partial charge in [0.1, 0.15) is 0 Å². The molecule has 20 heavy (non-hydrogen) atoms. The van der Waals surface area contributed by atoms with E-state index in [0.29, 0.717) is 11.5 Å². The summed E-state index contributed by atoms with van der Waals surface area (Å²) in [5.41, 5.74) is 0.667. The molecule has 0 spiro atoms. The van der Waals surface area contributed by atoms with Gasteiger partial charge in [0.25, 0.3) is 5.91 Å². The molecule has 0 radical (unpaired) electrons. The normalized spacial score (nSPS) is 12.8. The van der Waals surface area contributed by atoms with Gasteiger partial charge in [-0.15, -0.1) is 0 Å². The molecule has 0 aliphatic heterocycles. The number of carbonyl (C=O) groups excluding carboxylic acids is 1. The topological polar surface area (TPSA) is 32.3 Å². The molecule has 0 bridgehead atoms. The van der Waals surface area contributed by atoms with Gasteiger partial charge in [0.05, 0.1) is 5.56 Å². The molecule has 1 atom stereocenters. The Hall–Kier alpha value is -0.390. The SMILES string of the molecule is CC(C)CC(CN(C)C)NC(=O)c1ccc(Br)cc1Br. The summed E-state index contributed by atoms with van der Waals surface area (Å²) in [4.78, 5) is 14.5. The van der Waals surface area contributed by atoms with Crippen LogP contribution in [0, 0.1) is 5.92 Å². The van der Waals surface area contributed by atoms with Crippen molar-refractivity contribution < 1.29 is 4.79 Å². The van der Waals surface area contributed by atoms with Crippen molar-refractivity contribution in [3.05, 3.63) is 32.7 Å². The lowest BCUT2D eigenvalue weighted by molar-refractivity contribution is 0.0924. The van der Waals surface area contributed by atoms with Crippen LogP contribution in [0.5, 0.6) is 0 Å². The van der Waals surface area contributed by atoms with E-state index in [0.717, 1.165) is 21.9 Å². The third-order valence-corrected chi connectivity index (χ3v) is 4.00. The van der Waals surface area contributed by atoms with E-state index in [2.05, 4.69) is 55.9 Å². The smallest absolute Gasteiger partial charge is 0.252 e. The molecule has 0 heterocycles. The number of halogens is 2. The second-order valence-corrected chi connectivity index (χ2v) is 7.46. The highest BCUT2D eigenvalue weighted by molar-refractivity contribution is 9.11. The van der Waals surface area contributed by atoms with Crippen LogP contribution in [0.1, 0.15) is 30.6 Å². The van der Waals surface area contributed by atoms with Gasteiger partial charge in [0.2, 0.25) is 0 Å². The van der Waals surface area contributed by atoms with Gasteiger partial charge in [-0.2, -0.15) is 0 Å². The van der Waals surface area contributed by atoms with E-state index in [1.165, 1.54) is 0 Å². The Morgan fingerprint density at radius 1 is 1.30 bits per heavy atom. The lowest BCUT2D eigenvalue weighted by Gasteiger charge is -2.24. The number of amides is 1. The minimum Gasteiger partial charge on any atom is -0.348 e. The van der Waals surface area contributed by atoms with Crippen LogP contribution in [0.3, 0.4) is 0 Å². The second-order valence-electron chi connectivity index (χ2n) is 5.69. The van der Waals surface area contributed by atoms with Crippen LogP contribution >= 0.6 is 31.9 Å². The van der Waals surface area contributed by atoms with Gasteiger partial charge in [-0.3, -0.25) is 4.79 Å². The van der Waals surface area contributed by atoms with Gasteiger partial charge >= 0.3 is 0 Å². The Bertz CT molecular complexity index is 451. The first-order chi connectivity index (χ1) is 9.29. The predicted octanol–water partition coefficient (Wildman–Crippen LogP) is 3.92. The summed E-state index contributed by atoms with van der Waals surface area (Å²) in [6.07, 6.45) is 0.970. The molecule has 1 amide bonds. The van der Waals surface area contributed by atoms with Gasteiger partial charge in [0.15, 0.2) is 0 Å². The largest absolute Gasteiger partial charge is 0.348 e. The Balaban J connectivity index is 2.78. The summed E-state index contributed by atoms with van der Waals surface area (Å²) in [7, 11) is 4.05. The maximum Gasteiger partial charge on any atom is 0.252 e. The molecule has 1 aromatic carbocycles. The van der Waals surface area contributed by atoms with Gasteiger partial charge < -0.3 is 10.2 Å². The summed E-state index contributed by atoms with van der Waals surface area (Å²) in [5.74, 6) is 0.519. The zero-order valence-electron chi connectivity index (χ0n) is 12.4. The molecule has 1 rings (SSSR count). The average molecular weight is 406 g/mol. The van der Waals surface area contributed by atoms with E-state index in [1.807, 2.05) is 32.3 Å². The molecule has 1 unspecified atom stereocenters. The third kappa shape index (κ3) is 5.94. The Labute approximate surface area is 138 Å². The molecule has 3 nitrogen and oxygen atoms in total. The maximum absolute atomic E-state index is 12.4. The van der Waals surface area contributed by atoms with Gasteiger partial charge in [-0.25, -0.2) is 0 Å². The van der Waals surface area contributed by atoms with Crippen molar-refractivity contribution in [3.63, 3.8) is 0 Å². The van der Waals surface area contributed by atoms with E-state index in [9.17, 15) is 4.79 Å². The molecule has 1 aromatic rings. The first-order valence-corrected chi connectivity index (χ1v) is 8.28. The number of rotatable bonds is 6. The fraction of sp³-hybridized carbons (Fsp3) is 0.533. The zero-order chi connectivity index (χ0) is 15.3.